The molecule has 0 atom stereocenters. The summed E-state index contributed by atoms with van der Waals surface area (Å²) in [5.74, 6) is 1.44. The standard InChI is InChI=1S/C16H16N4OS/c1-12-4-3-5-13(8-12)10-22-16-19-18-11-20(16)14-6-7-15(21-2)17-9-14/h3-9,11H,10H2,1-2H3. The molecule has 112 valence electrons. The summed E-state index contributed by atoms with van der Waals surface area (Å²) in [5, 5.41) is 9.03. The molecule has 0 aliphatic carbocycles. The minimum Gasteiger partial charge on any atom is -0.481 e. The number of rotatable bonds is 5. The molecule has 2 heterocycles. The molecule has 0 aliphatic rings. The van der Waals surface area contributed by atoms with E-state index in [0.717, 1.165) is 16.6 Å². The first kappa shape index (κ1) is 14.6. The summed E-state index contributed by atoms with van der Waals surface area (Å²) in [6.45, 7) is 2.10. The van der Waals surface area contributed by atoms with Crippen LogP contribution in [0.15, 0.2) is 54.1 Å². The van der Waals surface area contributed by atoms with E-state index in [0.29, 0.717) is 5.88 Å². The minimum absolute atomic E-state index is 0.589. The van der Waals surface area contributed by atoms with Crippen LogP contribution in [-0.2, 0) is 5.75 Å². The van der Waals surface area contributed by atoms with Crippen molar-refractivity contribution < 1.29 is 4.74 Å². The first-order valence-electron chi connectivity index (χ1n) is 6.85. The van der Waals surface area contributed by atoms with Gasteiger partial charge in [-0.15, -0.1) is 10.2 Å². The fraction of sp³-hybridized carbons (Fsp3) is 0.188. The third-order valence-electron chi connectivity index (χ3n) is 3.17. The molecule has 2 aromatic heterocycles. The first-order chi connectivity index (χ1) is 10.8. The van der Waals surface area contributed by atoms with Crippen LogP contribution in [0, 0.1) is 6.92 Å². The highest BCUT2D eigenvalue weighted by molar-refractivity contribution is 7.98. The molecule has 0 spiro atoms. The normalized spacial score (nSPS) is 10.6. The maximum atomic E-state index is 5.08. The lowest BCUT2D eigenvalue weighted by molar-refractivity contribution is 0.397. The van der Waals surface area contributed by atoms with Crippen LogP contribution in [0.25, 0.3) is 5.69 Å². The summed E-state index contributed by atoms with van der Waals surface area (Å²) >= 11 is 1.65. The predicted molar refractivity (Wildman–Crippen MR) is 86.4 cm³/mol. The van der Waals surface area contributed by atoms with E-state index in [1.165, 1.54) is 11.1 Å². The van der Waals surface area contributed by atoms with Crippen LogP contribution in [-0.4, -0.2) is 26.9 Å². The molecule has 0 fully saturated rings. The molecule has 3 aromatic rings. The van der Waals surface area contributed by atoms with Gasteiger partial charge in [-0.2, -0.15) is 0 Å². The zero-order valence-electron chi connectivity index (χ0n) is 12.4. The van der Waals surface area contributed by atoms with Crippen molar-refractivity contribution in [3.8, 4) is 11.6 Å². The number of hydrogen-bond acceptors (Lipinski definition) is 5. The summed E-state index contributed by atoms with van der Waals surface area (Å²) < 4.78 is 7.00. The number of hydrogen-bond donors (Lipinski definition) is 0. The Kier molecular flexibility index (Phi) is 4.39. The Balaban J connectivity index is 1.76. The fourth-order valence-electron chi connectivity index (χ4n) is 2.09. The smallest absolute Gasteiger partial charge is 0.213 e. The SMILES string of the molecule is COc1ccc(-n2cnnc2SCc2cccc(C)c2)cn1. The second kappa shape index (κ2) is 6.62. The number of pyridine rings is 1. The van der Waals surface area contributed by atoms with Crippen LogP contribution in [0.5, 0.6) is 5.88 Å². The molecule has 3 rings (SSSR count). The van der Waals surface area contributed by atoms with Gasteiger partial charge in [-0.1, -0.05) is 41.6 Å². The molecule has 0 amide bonds. The van der Waals surface area contributed by atoms with Crippen molar-refractivity contribution in [2.75, 3.05) is 7.11 Å². The van der Waals surface area contributed by atoms with E-state index in [-0.39, 0.29) is 0 Å². The van der Waals surface area contributed by atoms with Crippen LogP contribution in [0.2, 0.25) is 0 Å². The molecule has 1 aromatic carbocycles. The average molecular weight is 312 g/mol. The molecule has 0 saturated carbocycles. The molecule has 0 unspecified atom stereocenters. The maximum absolute atomic E-state index is 5.08. The minimum atomic E-state index is 0.589. The Morgan fingerprint density at radius 1 is 1.23 bits per heavy atom. The van der Waals surface area contributed by atoms with E-state index in [2.05, 4.69) is 46.4 Å². The Labute approximate surface area is 133 Å². The Morgan fingerprint density at radius 2 is 2.14 bits per heavy atom. The van der Waals surface area contributed by atoms with E-state index >= 15 is 0 Å². The summed E-state index contributed by atoms with van der Waals surface area (Å²) in [5.41, 5.74) is 3.45. The third kappa shape index (κ3) is 3.28. The summed E-state index contributed by atoms with van der Waals surface area (Å²) in [4.78, 5) is 4.22. The van der Waals surface area contributed by atoms with Gasteiger partial charge < -0.3 is 4.74 Å². The lowest BCUT2D eigenvalue weighted by atomic mass is 10.2. The Bertz CT molecular complexity index is 755. The number of aromatic nitrogens is 4. The number of benzene rings is 1. The van der Waals surface area contributed by atoms with Gasteiger partial charge in [0.25, 0.3) is 0 Å². The molecule has 0 radical (unpaired) electrons. The highest BCUT2D eigenvalue weighted by atomic mass is 32.2. The second-order valence-electron chi connectivity index (χ2n) is 4.82. The number of thioether (sulfide) groups is 1. The first-order valence-corrected chi connectivity index (χ1v) is 7.83. The van der Waals surface area contributed by atoms with E-state index < -0.39 is 0 Å². The molecule has 0 N–H and O–H groups in total. The fourth-order valence-corrected chi connectivity index (χ4v) is 2.96. The largest absolute Gasteiger partial charge is 0.481 e. The van der Waals surface area contributed by atoms with Crippen molar-refractivity contribution in [1.29, 1.82) is 0 Å². The molecule has 0 bridgehead atoms. The Morgan fingerprint density at radius 3 is 2.86 bits per heavy atom. The van der Waals surface area contributed by atoms with E-state index in [9.17, 15) is 0 Å². The quantitative estimate of drug-likeness (QED) is 0.677. The number of methoxy groups -OCH3 is 1. The van der Waals surface area contributed by atoms with Crippen molar-refractivity contribution in [3.05, 3.63) is 60.0 Å². The van der Waals surface area contributed by atoms with Crippen LogP contribution in [0.3, 0.4) is 0 Å². The monoisotopic (exact) mass is 312 g/mol. The lowest BCUT2D eigenvalue weighted by Crippen LogP contribution is -1.97. The third-order valence-corrected chi connectivity index (χ3v) is 4.19. The van der Waals surface area contributed by atoms with Crippen LogP contribution in [0.4, 0.5) is 0 Å². The molecule has 0 saturated heterocycles. The zero-order valence-corrected chi connectivity index (χ0v) is 13.2. The topological polar surface area (TPSA) is 52.8 Å². The maximum Gasteiger partial charge on any atom is 0.213 e. The van der Waals surface area contributed by atoms with Crippen molar-refractivity contribution in [3.63, 3.8) is 0 Å². The average Bonchev–Trinajstić information content (AvgIpc) is 3.01. The molecular formula is C16H16N4OS. The molecule has 22 heavy (non-hydrogen) atoms. The van der Waals surface area contributed by atoms with Gasteiger partial charge in [-0.3, -0.25) is 4.57 Å². The van der Waals surface area contributed by atoms with Crippen molar-refractivity contribution in [2.24, 2.45) is 0 Å². The van der Waals surface area contributed by atoms with Crippen molar-refractivity contribution in [1.82, 2.24) is 19.7 Å². The van der Waals surface area contributed by atoms with Crippen molar-refractivity contribution in [2.45, 2.75) is 17.8 Å². The number of ether oxygens (including phenoxy) is 1. The number of nitrogens with zero attached hydrogens (tertiary/aromatic N) is 4. The van der Waals surface area contributed by atoms with E-state index in [1.807, 2.05) is 16.7 Å². The van der Waals surface area contributed by atoms with Crippen LogP contribution in [0.1, 0.15) is 11.1 Å². The molecule has 5 nitrogen and oxygen atoms in total. The van der Waals surface area contributed by atoms with Crippen LogP contribution >= 0.6 is 11.8 Å². The van der Waals surface area contributed by atoms with Gasteiger partial charge in [0.15, 0.2) is 5.16 Å². The summed E-state index contributed by atoms with van der Waals surface area (Å²) in [7, 11) is 1.60. The molecular weight excluding hydrogens is 296 g/mol. The second-order valence-corrected chi connectivity index (χ2v) is 5.76. The Hall–Kier alpha value is -2.34. The van der Waals surface area contributed by atoms with Crippen molar-refractivity contribution >= 4 is 11.8 Å². The zero-order chi connectivity index (χ0) is 15.4. The van der Waals surface area contributed by atoms with Gasteiger partial charge in [-0.25, -0.2) is 4.98 Å². The van der Waals surface area contributed by atoms with Gasteiger partial charge in [0, 0.05) is 11.8 Å². The van der Waals surface area contributed by atoms with E-state index in [1.54, 1.807) is 31.4 Å². The van der Waals surface area contributed by atoms with Gasteiger partial charge in [0.2, 0.25) is 5.88 Å². The number of aryl methyl sites for hydroxylation is 1. The predicted octanol–water partition coefficient (Wildman–Crippen LogP) is 3.27. The lowest BCUT2D eigenvalue weighted by Gasteiger charge is -2.07. The van der Waals surface area contributed by atoms with Gasteiger partial charge in [0.05, 0.1) is 19.0 Å². The highest BCUT2D eigenvalue weighted by Crippen LogP contribution is 2.24. The summed E-state index contributed by atoms with van der Waals surface area (Å²) in [6, 6.07) is 12.2. The van der Waals surface area contributed by atoms with Gasteiger partial charge in [-0.05, 0) is 18.6 Å². The van der Waals surface area contributed by atoms with E-state index in [4.69, 9.17) is 4.74 Å². The summed E-state index contributed by atoms with van der Waals surface area (Å²) in [6.07, 6.45) is 3.45. The van der Waals surface area contributed by atoms with Gasteiger partial charge >= 0.3 is 0 Å². The molecule has 0 aliphatic heterocycles. The highest BCUT2D eigenvalue weighted by Gasteiger charge is 2.08. The van der Waals surface area contributed by atoms with Gasteiger partial charge in [0.1, 0.15) is 6.33 Å². The van der Waals surface area contributed by atoms with Crippen LogP contribution < -0.4 is 4.74 Å². The molecule has 6 heteroatoms.